The summed E-state index contributed by atoms with van der Waals surface area (Å²) in [7, 11) is 2.09. The predicted octanol–water partition coefficient (Wildman–Crippen LogP) is 9.15. The molecule has 7 rings (SSSR count). The zero-order valence-electron chi connectivity index (χ0n) is 23.4. The molecule has 1 aliphatic rings. The normalized spacial score (nSPS) is 11.5. The highest BCUT2D eigenvalue weighted by Gasteiger charge is 2.24. The highest BCUT2D eigenvalue weighted by atomic mass is 15.0. The molecule has 1 aromatic heterocycles. The zero-order valence-corrected chi connectivity index (χ0v) is 23.4. The van der Waals surface area contributed by atoms with E-state index in [1.807, 2.05) is 6.33 Å². The average molecular weight is 516 g/mol. The fraction of sp³-hybridized carbons (Fsp3) is 0.105. The Morgan fingerprint density at radius 3 is 1.43 bits per heavy atom. The first-order chi connectivity index (χ1) is 19.5. The van der Waals surface area contributed by atoms with Crippen LogP contribution in [0.4, 0.5) is 0 Å². The van der Waals surface area contributed by atoms with Crippen LogP contribution in [0.15, 0.2) is 116 Å². The number of hydrogen-bond acceptors (Lipinski definition) is 1. The Morgan fingerprint density at radius 2 is 0.925 bits per heavy atom. The number of nitrogens with zero attached hydrogens (tertiary/aromatic N) is 2. The Morgan fingerprint density at radius 1 is 0.475 bits per heavy atom. The summed E-state index contributed by atoms with van der Waals surface area (Å²) < 4.78 is 2.14. The second-order valence-corrected chi connectivity index (χ2v) is 11.0. The molecule has 0 atom stereocenters. The minimum Gasteiger partial charge on any atom is -0.232 e. The van der Waals surface area contributed by atoms with Gasteiger partial charge in [0.1, 0.15) is 5.69 Å². The van der Waals surface area contributed by atoms with Crippen LogP contribution in [0.3, 0.4) is 0 Å². The van der Waals surface area contributed by atoms with Crippen LogP contribution in [0, 0.1) is 20.8 Å². The molecule has 1 heterocycles. The van der Waals surface area contributed by atoms with E-state index in [1.165, 1.54) is 66.8 Å². The van der Waals surface area contributed by atoms with Crippen molar-refractivity contribution in [1.82, 2.24) is 4.98 Å². The van der Waals surface area contributed by atoms with E-state index in [1.54, 1.807) is 0 Å². The molecule has 0 unspecified atom stereocenters. The van der Waals surface area contributed by atoms with Crippen LogP contribution in [-0.4, -0.2) is 4.98 Å². The third-order valence-corrected chi connectivity index (χ3v) is 8.12. The van der Waals surface area contributed by atoms with Crippen molar-refractivity contribution in [2.24, 2.45) is 7.05 Å². The Hall–Kier alpha value is -4.82. The van der Waals surface area contributed by atoms with Gasteiger partial charge in [0.25, 0.3) is 6.33 Å². The van der Waals surface area contributed by atoms with E-state index in [4.69, 9.17) is 4.98 Å². The monoisotopic (exact) mass is 515 g/mol. The SMILES string of the molecule is Cc1cc(C)cc(-c2cc(-c3cc4c(cc3C)-c3ccccc3-c3ccccc3-c3ccccc3-4)[n+](C)cn2)c1. The molecule has 0 saturated heterocycles. The lowest BCUT2D eigenvalue weighted by Crippen LogP contribution is -2.31. The predicted molar refractivity (Wildman–Crippen MR) is 166 cm³/mol. The minimum atomic E-state index is 0.991. The van der Waals surface area contributed by atoms with Gasteiger partial charge < -0.3 is 0 Å². The van der Waals surface area contributed by atoms with Crippen LogP contribution in [0.1, 0.15) is 16.7 Å². The minimum absolute atomic E-state index is 0.991. The van der Waals surface area contributed by atoms with Gasteiger partial charge in [-0.3, -0.25) is 0 Å². The molecule has 2 nitrogen and oxygen atoms in total. The fourth-order valence-electron chi connectivity index (χ4n) is 6.32. The first-order valence-corrected chi connectivity index (χ1v) is 13.9. The van der Waals surface area contributed by atoms with E-state index in [9.17, 15) is 0 Å². The maximum atomic E-state index is 4.82. The number of aryl methyl sites for hydroxylation is 4. The third-order valence-electron chi connectivity index (χ3n) is 8.12. The summed E-state index contributed by atoms with van der Waals surface area (Å²) in [5.41, 5.74) is 18.4. The number of hydrogen-bond donors (Lipinski definition) is 0. The molecule has 1 aliphatic carbocycles. The van der Waals surface area contributed by atoms with Gasteiger partial charge in [0.2, 0.25) is 0 Å². The smallest absolute Gasteiger partial charge is 0.232 e. The average Bonchev–Trinajstić information content (AvgIpc) is 2.96. The van der Waals surface area contributed by atoms with E-state index in [0.29, 0.717) is 0 Å². The summed E-state index contributed by atoms with van der Waals surface area (Å²) >= 11 is 0. The molecule has 0 aliphatic heterocycles. The lowest BCUT2D eigenvalue weighted by Gasteiger charge is -2.24. The van der Waals surface area contributed by atoms with E-state index in [0.717, 1.165) is 17.0 Å². The third kappa shape index (κ3) is 3.96. The van der Waals surface area contributed by atoms with Crippen molar-refractivity contribution >= 4 is 0 Å². The standard InChI is InChI=1S/C38H31N2/c1-24-17-25(2)19-27(18-24)37-22-38(40(4)23-39-37)34-21-36-33-16-10-8-14-31(33)29-12-6-5-11-28(29)30-13-7-9-15-32(30)35(36)20-26(34)3/h5-23H,1-4H3/q+1. The zero-order chi connectivity index (χ0) is 27.4. The van der Waals surface area contributed by atoms with E-state index in [-0.39, 0.29) is 0 Å². The van der Waals surface area contributed by atoms with Crippen LogP contribution in [0.25, 0.3) is 67.0 Å². The molecular weight excluding hydrogens is 484 g/mol. The first-order valence-electron chi connectivity index (χ1n) is 13.9. The molecule has 0 radical (unpaired) electrons. The topological polar surface area (TPSA) is 16.8 Å². The quantitative estimate of drug-likeness (QED) is 0.210. The van der Waals surface area contributed by atoms with E-state index < -0.39 is 0 Å². The van der Waals surface area contributed by atoms with Crippen LogP contribution in [-0.2, 0) is 7.05 Å². The van der Waals surface area contributed by atoms with Gasteiger partial charge >= 0.3 is 0 Å². The molecule has 192 valence electrons. The molecule has 0 amide bonds. The molecule has 0 N–H and O–H groups in total. The molecule has 0 spiro atoms. The lowest BCUT2D eigenvalue weighted by atomic mass is 9.79. The van der Waals surface area contributed by atoms with Gasteiger partial charge in [-0.2, -0.15) is 0 Å². The van der Waals surface area contributed by atoms with Gasteiger partial charge in [0, 0.05) is 17.2 Å². The van der Waals surface area contributed by atoms with Crippen molar-refractivity contribution in [2.75, 3.05) is 0 Å². The Labute approximate surface area is 236 Å². The molecule has 0 bridgehead atoms. The van der Waals surface area contributed by atoms with Crippen LogP contribution in [0.5, 0.6) is 0 Å². The number of aromatic nitrogens is 2. The number of benzene rings is 5. The Kier molecular flexibility index (Phi) is 5.71. The second-order valence-electron chi connectivity index (χ2n) is 11.0. The molecule has 0 saturated carbocycles. The number of rotatable bonds is 2. The van der Waals surface area contributed by atoms with Crippen molar-refractivity contribution in [2.45, 2.75) is 20.8 Å². The van der Waals surface area contributed by atoms with Gasteiger partial charge in [-0.25, -0.2) is 4.57 Å². The highest BCUT2D eigenvalue weighted by Crippen LogP contribution is 2.48. The van der Waals surface area contributed by atoms with Crippen molar-refractivity contribution in [1.29, 1.82) is 0 Å². The highest BCUT2D eigenvalue weighted by molar-refractivity contribution is 6.04. The van der Waals surface area contributed by atoms with Crippen LogP contribution < -0.4 is 4.57 Å². The van der Waals surface area contributed by atoms with Crippen molar-refractivity contribution in [3.8, 4) is 67.0 Å². The molecule has 6 aromatic rings. The molecule has 2 heteroatoms. The fourth-order valence-corrected chi connectivity index (χ4v) is 6.32. The number of fused-ring (bicyclic) bond motifs is 8. The van der Waals surface area contributed by atoms with Crippen LogP contribution in [0.2, 0.25) is 0 Å². The van der Waals surface area contributed by atoms with Crippen molar-refractivity contribution < 1.29 is 4.57 Å². The van der Waals surface area contributed by atoms with Gasteiger partial charge in [0.05, 0.1) is 7.05 Å². The summed E-state index contributed by atoms with van der Waals surface area (Å²) in [5, 5.41) is 0. The Balaban J connectivity index is 1.51. The van der Waals surface area contributed by atoms with Crippen molar-refractivity contribution in [3.05, 3.63) is 132 Å². The van der Waals surface area contributed by atoms with E-state index in [2.05, 4.69) is 142 Å². The van der Waals surface area contributed by atoms with Crippen molar-refractivity contribution in [3.63, 3.8) is 0 Å². The first kappa shape index (κ1) is 24.2. The lowest BCUT2D eigenvalue weighted by molar-refractivity contribution is -0.663. The maximum Gasteiger partial charge on any atom is 0.287 e. The second kappa shape index (κ2) is 9.43. The summed E-state index contributed by atoms with van der Waals surface area (Å²) in [6, 6.07) is 40.1. The van der Waals surface area contributed by atoms with Gasteiger partial charge in [0.15, 0.2) is 5.69 Å². The van der Waals surface area contributed by atoms with E-state index >= 15 is 0 Å². The molecule has 5 aromatic carbocycles. The maximum absolute atomic E-state index is 4.82. The summed E-state index contributed by atoms with van der Waals surface area (Å²) in [6.07, 6.45) is 1.94. The summed E-state index contributed by atoms with van der Waals surface area (Å²) in [5.74, 6) is 0. The van der Waals surface area contributed by atoms with Gasteiger partial charge in [-0.1, -0.05) is 96.1 Å². The van der Waals surface area contributed by atoms with Gasteiger partial charge in [-0.15, -0.1) is 0 Å². The summed E-state index contributed by atoms with van der Waals surface area (Å²) in [4.78, 5) is 4.82. The van der Waals surface area contributed by atoms with Crippen LogP contribution >= 0.6 is 0 Å². The van der Waals surface area contributed by atoms with Gasteiger partial charge in [-0.05, 0) is 94.0 Å². The largest absolute Gasteiger partial charge is 0.287 e. The molecule has 40 heavy (non-hydrogen) atoms. The molecule has 0 fully saturated rings. The summed E-state index contributed by atoms with van der Waals surface area (Å²) in [6.45, 7) is 6.52. The Bertz CT molecular complexity index is 1930. The molecular formula is C38H31N2+.